The zero-order valence-corrected chi connectivity index (χ0v) is 14.1. The average Bonchev–Trinajstić information content (AvgIpc) is 2.63. The number of benzene rings is 1. The van der Waals surface area contributed by atoms with Crippen molar-refractivity contribution in [2.75, 3.05) is 36.8 Å². The second-order valence-electron chi connectivity index (χ2n) is 5.24. The van der Waals surface area contributed by atoms with Crippen LogP contribution < -0.4 is 21.3 Å². The third-order valence-electron chi connectivity index (χ3n) is 3.22. The molecule has 0 bridgehead atoms. The lowest BCUT2D eigenvalue weighted by Gasteiger charge is -2.12. The number of hydrogen-bond donors (Lipinski definition) is 4. The van der Waals surface area contributed by atoms with Crippen LogP contribution in [0, 0.1) is 0 Å². The highest BCUT2D eigenvalue weighted by Crippen LogP contribution is 2.19. The zero-order chi connectivity index (χ0) is 17.9. The van der Waals surface area contributed by atoms with Gasteiger partial charge in [0.15, 0.2) is 5.82 Å². The van der Waals surface area contributed by atoms with Crippen LogP contribution in [0.25, 0.3) is 11.4 Å². The first-order valence-electron chi connectivity index (χ1n) is 8.03. The SMILES string of the molecule is CC(=O)NCCNc1cc(NCCNC=O)nc(-c2ccccc2)n1. The number of aromatic nitrogens is 2. The summed E-state index contributed by atoms with van der Waals surface area (Å²) in [5.74, 6) is 1.84. The van der Waals surface area contributed by atoms with Gasteiger partial charge in [-0.15, -0.1) is 0 Å². The van der Waals surface area contributed by atoms with E-state index >= 15 is 0 Å². The molecule has 0 saturated carbocycles. The number of carbonyl (C=O) groups excluding carboxylic acids is 2. The molecule has 0 unspecified atom stereocenters. The molecule has 2 amide bonds. The number of nitrogens with zero attached hydrogens (tertiary/aromatic N) is 2. The lowest BCUT2D eigenvalue weighted by Crippen LogP contribution is -2.26. The normalized spacial score (nSPS) is 9.96. The molecule has 132 valence electrons. The van der Waals surface area contributed by atoms with Crippen LogP contribution in [0.1, 0.15) is 6.92 Å². The molecule has 1 aromatic heterocycles. The fraction of sp³-hybridized carbons (Fsp3) is 0.294. The molecule has 2 rings (SSSR count). The molecule has 0 atom stereocenters. The van der Waals surface area contributed by atoms with Crippen molar-refractivity contribution in [2.24, 2.45) is 0 Å². The van der Waals surface area contributed by atoms with Crippen molar-refractivity contribution in [3.8, 4) is 11.4 Å². The molecule has 0 fully saturated rings. The number of nitrogens with one attached hydrogen (secondary N) is 4. The summed E-state index contributed by atoms with van der Waals surface area (Å²) >= 11 is 0. The lowest BCUT2D eigenvalue weighted by molar-refractivity contribution is -0.118. The van der Waals surface area contributed by atoms with Gasteiger partial charge in [-0.2, -0.15) is 0 Å². The number of hydrogen-bond acceptors (Lipinski definition) is 6. The van der Waals surface area contributed by atoms with Gasteiger partial charge in [-0.3, -0.25) is 9.59 Å². The lowest BCUT2D eigenvalue weighted by atomic mass is 10.2. The minimum atomic E-state index is -0.0699. The van der Waals surface area contributed by atoms with Crippen molar-refractivity contribution < 1.29 is 9.59 Å². The van der Waals surface area contributed by atoms with Gasteiger partial charge in [0.05, 0.1) is 0 Å². The van der Waals surface area contributed by atoms with E-state index in [1.165, 1.54) is 6.92 Å². The second-order valence-corrected chi connectivity index (χ2v) is 5.24. The molecule has 0 radical (unpaired) electrons. The maximum atomic E-state index is 10.9. The van der Waals surface area contributed by atoms with Crippen molar-refractivity contribution in [3.63, 3.8) is 0 Å². The molecule has 0 spiro atoms. The van der Waals surface area contributed by atoms with Gasteiger partial charge in [-0.25, -0.2) is 9.97 Å². The van der Waals surface area contributed by atoms with Crippen LogP contribution in [-0.4, -0.2) is 48.5 Å². The molecule has 0 aliphatic rings. The van der Waals surface area contributed by atoms with Crippen LogP contribution in [0.3, 0.4) is 0 Å². The molecule has 0 aliphatic carbocycles. The molecule has 1 heterocycles. The number of carbonyl (C=O) groups is 2. The predicted octanol–water partition coefficient (Wildman–Crippen LogP) is 0.849. The number of amides is 2. The summed E-state index contributed by atoms with van der Waals surface area (Å²) in [6.45, 7) is 3.59. The summed E-state index contributed by atoms with van der Waals surface area (Å²) in [4.78, 5) is 30.2. The Morgan fingerprint density at radius 2 is 1.64 bits per heavy atom. The van der Waals surface area contributed by atoms with Gasteiger partial charge < -0.3 is 21.3 Å². The van der Waals surface area contributed by atoms with Crippen molar-refractivity contribution in [3.05, 3.63) is 36.4 Å². The third kappa shape index (κ3) is 6.46. The maximum Gasteiger partial charge on any atom is 0.216 e. The van der Waals surface area contributed by atoms with Gasteiger partial charge in [0.25, 0.3) is 0 Å². The van der Waals surface area contributed by atoms with Crippen LogP contribution in [0.5, 0.6) is 0 Å². The van der Waals surface area contributed by atoms with Gasteiger partial charge in [-0.1, -0.05) is 30.3 Å². The Morgan fingerprint density at radius 3 is 2.24 bits per heavy atom. The first kappa shape index (κ1) is 18.2. The summed E-state index contributed by atoms with van der Waals surface area (Å²) in [5, 5.41) is 11.6. The highest BCUT2D eigenvalue weighted by Gasteiger charge is 2.06. The van der Waals surface area contributed by atoms with E-state index in [0.29, 0.717) is 50.0 Å². The Morgan fingerprint density at radius 1 is 1.00 bits per heavy atom. The van der Waals surface area contributed by atoms with Crippen molar-refractivity contribution in [1.82, 2.24) is 20.6 Å². The molecule has 4 N–H and O–H groups in total. The Kier molecular flexibility index (Phi) is 7.17. The van der Waals surface area contributed by atoms with Crippen LogP contribution >= 0.6 is 0 Å². The average molecular weight is 342 g/mol. The Hall–Kier alpha value is -3.16. The summed E-state index contributed by atoms with van der Waals surface area (Å²) in [6, 6.07) is 11.5. The highest BCUT2D eigenvalue weighted by atomic mass is 16.1. The topological polar surface area (TPSA) is 108 Å². The first-order valence-corrected chi connectivity index (χ1v) is 8.03. The quantitative estimate of drug-likeness (QED) is 0.377. The van der Waals surface area contributed by atoms with Gasteiger partial charge in [-0.05, 0) is 0 Å². The summed E-state index contributed by atoms with van der Waals surface area (Å²) < 4.78 is 0. The molecule has 8 heteroatoms. The van der Waals surface area contributed by atoms with E-state index in [1.54, 1.807) is 6.07 Å². The van der Waals surface area contributed by atoms with Crippen molar-refractivity contribution in [1.29, 1.82) is 0 Å². The van der Waals surface area contributed by atoms with E-state index in [4.69, 9.17) is 0 Å². The summed E-state index contributed by atoms with van der Waals surface area (Å²) in [6.07, 6.45) is 0.659. The van der Waals surface area contributed by atoms with E-state index in [1.807, 2.05) is 30.3 Å². The molecule has 1 aromatic carbocycles. The predicted molar refractivity (Wildman–Crippen MR) is 97.2 cm³/mol. The Labute approximate surface area is 146 Å². The Bertz CT molecular complexity index is 693. The fourth-order valence-corrected chi connectivity index (χ4v) is 2.10. The third-order valence-corrected chi connectivity index (χ3v) is 3.22. The highest BCUT2D eigenvalue weighted by molar-refractivity contribution is 5.72. The zero-order valence-electron chi connectivity index (χ0n) is 14.1. The van der Waals surface area contributed by atoms with Gasteiger partial charge >= 0.3 is 0 Å². The molecular weight excluding hydrogens is 320 g/mol. The summed E-state index contributed by atoms with van der Waals surface area (Å²) in [5.41, 5.74) is 0.905. The van der Waals surface area contributed by atoms with E-state index in [9.17, 15) is 9.59 Å². The standard InChI is InChI=1S/C17H22N6O2/c1-13(25)19-9-10-21-16-11-15(20-8-7-18-12-24)22-17(23-16)14-5-3-2-4-6-14/h2-6,11-12H,7-10H2,1H3,(H,18,24)(H,19,25)(H2,20,21,22,23). The first-order chi connectivity index (χ1) is 12.2. The van der Waals surface area contributed by atoms with Gasteiger partial charge in [0.1, 0.15) is 11.6 Å². The van der Waals surface area contributed by atoms with Crippen LogP contribution in [0.2, 0.25) is 0 Å². The van der Waals surface area contributed by atoms with E-state index in [-0.39, 0.29) is 5.91 Å². The Balaban J connectivity index is 2.10. The van der Waals surface area contributed by atoms with Crippen LogP contribution in [-0.2, 0) is 9.59 Å². The monoisotopic (exact) mass is 342 g/mol. The number of rotatable bonds is 10. The van der Waals surface area contributed by atoms with Crippen molar-refractivity contribution in [2.45, 2.75) is 6.92 Å². The molecule has 8 nitrogen and oxygen atoms in total. The molecule has 2 aromatic rings. The van der Waals surface area contributed by atoms with E-state index < -0.39 is 0 Å². The maximum absolute atomic E-state index is 10.9. The molecular formula is C17H22N6O2. The largest absolute Gasteiger partial charge is 0.368 e. The number of anilines is 2. The molecule has 25 heavy (non-hydrogen) atoms. The van der Waals surface area contributed by atoms with Crippen LogP contribution in [0.15, 0.2) is 36.4 Å². The molecule has 0 saturated heterocycles. The van der Waals surface area contributed by atoms with Gasteiger partial charge in [0, 0.05) is 44.7 Å². The minimum Gasteiger partial charge on any atom is -0.368 e. The van der Waals surface area contributed by atoms with E-state index in [0.717, 1.165) is 5.56 Å². The second kappa shape index (κ2) is 9.86. The summed E-state index contributed by atoms with van der Waals surface area (Å²) in [7, 11) is 0. The van der Waals surface area contributed by atoms with Gasteiger partial charge in [0.2, 0.25) is 12.3 Å². The van der Waals surface area contributed by atoms with Crippen molar-refractivity contribution >= 4 is 24.0 Å². The molecule has 0 aliphatic heterocycles. The minimum absolute atomic E-state index is 0.0699. The van der Waals surface area contributed by atoms with Crippen LogP contribution in [0.4, 0.5) is 11.6 Å². The smallest absolute Gasteiger partial charge is 0.216 e. The fourth-order valence-electron chi connectivity index (χ4n) is 2.10. The van der Waals surface area contributed by atoms with E-state index in [2.05, 4.69) is 31.2 Å².